The van der Waals surface area contributed by atoms with Gasteiger partial charge in [-0.3, -0.25) is 0 Å². The average molecular weight is 294 g/mol. The molecule has 108 valence electrons. The van der Waals surface area contributed by atoms with Crippen LogP contribution in [0.5, 0.6) is 0 Å². The van der Waals surface area contributed by atoms with E-state index in [2.05, 4.69) is 0 Å². The van der Waals surface area contributed by atoms with Crippen LogP contribution < -0.4 is 5.73 Å². The van der Waals surface area contributed by atoms with E-state index in [0.29, 0.717) is 0 Å². The fourth-order valence-corrected chi connectivity index (χ4v) is 3.01. The Kier molecular flexibility index (Phi) is 4.27. The Hall–Kier alpha value is -1.63. The van der Waals surface area contributed by atoms with Crippen LogP contribution in [0.15, 0.2) is 52.2 Å². The van der Waals surface area contributed by atoms with Crippen LogP contribution in [0, 0.1) is 0 Å². The molecule has 0 bridgehead atoms. The van der Waals surface area contributed by atoms with Crippen LogP contribution in [0.2, 0.25) is 0 Å². The molecule has 5 nitrogen and oxygen atoms in total. The molecule has 0 radical (unpaired) electrons. The van der Waals surface area contributed by atoms with Crippen LogP contribution in [0.25, 0.3) is 0 Å². The van der Waals surface area contributed by atoms with E-state index in [4.69, 9.17) is 10.2 Å². The molecule has 2 aromatic rings. The van der Waals surface area contributed by atoms with Gasteiger partial charge in [-0.25, -0.2) is 8.42 Å². The van der Waals surface area contributed by atoms with Crippen LogP contribution in [0.1, 0.15) is 24.1 Å². The lowest BCUT2D eigenvalue weighted by atomic mass is 10.1. The molecule has 0 aliphatic rings. The van der Waals surface area contributed by atoms with Crippen molar-refractivity contribution in [2.75, 3.05) is 7.05 Å². The summed E-state index contributed by atoms with van der Waals surface area (Å²) < 4.78 is 31.0. The molecule has 0 spiro atoms. The molecule has 0 aliphatic carbocycles. The summed E-state index contributed by atoms with van der Waals surface area (Å²) in [7, 11) is -1.96. The predicted octanol–water partition coefficient (Wildman–Crippen LogP) is 2.12. The zero-order valence-electron chi connectivity index (χ0n) is 11.5. The molecule has 0 fully saturated rings. The number of hydrogen-bond donors (Lipinski definition) is 1. The number of furan rings is 1. The highest BCUT2D eigenvalue weighted by molar-refractivity contribution is 7.89. The molecular weight excluding hydrogens is 276 g/mol. The van der Waals surface area contributed by atoms with Gasteiger partial charge in [-0.2, -0.15) is 4.31 Å². The Balaban J connectivity index is 2.21. The zero-order chi connectivity index (χ0) is 14.8. The molecule has 0 saturated carbocycles. The first-order valence-electron chi connectivity index (χ1n) is 6.24. The Morgan fingerprint density at radius 1 is 1.25 bits per heavy atom. The topological polar surface area (TPSA) is 76.5 Å². The summed E-state index contributed by atoms with van der Waals surface area (Å²) in [4.78, 5) is 0.257. The van der Waals surface area contributed by atoms with Gasteiger partial charge in [0.05, 0.1) is 17.4 Å². The summed E-state index contributed by atoms with van der Waals surface area (Å²) in [5, 5.41) is 0. The van der Waals surface area contributed by atoms with E-state index in [1.165, 1.54) is 16.8 Å². The molecular formula is C14H18N2O3S. The van der Waals surface area contributed by atoms with E-state index >= 15 is 0 Å². The molecule has 0 aliphatic heterocycles. The van der Waals surface area contributed by atoms with Gasteiger partial charge in [-0.1, -0.05) is 12.1 Å². The Morgan fingerprint density at radius 3 is 2.40 bits per heavy atom. The number of sulfonamides is 1. The van der Waals surface area contributed by atoms with E-state index in [9.17, 15) is 8.42 Å². The average Bonchev–Trinajstić information content (AvgIpc) is 2.91. The molecule has 20 heavy (non-hydrogen) atoms. The monoisotopic (exact) mass is 294 g/mol. The third-order valence-corrected chi connectivity index (χ3v) is 4.92. The van der Waals surface area contributed by atoms with Gasteiger partial charge in [-0.15, -0.1) is 0 Å². The molecule has 1 heterocycles. The third-order valence-electron chi connectivity index (χ3n) is 3.10. The van der Waals surface area contributed by atoms with Gasteiger partial charge in [0.25, 0.3) is 0 Å². The highest BCUT2D eigenvalue weighted by atomic mass is 32.2. The highest BCUT2D eigenvalue weighted by Gasteiger charge is 2.21. The third kappa shape index (κ3) is 3.09. The first-order chi connectivity index (χ1) is 9.41. The summed E-state index contributed by atoms with van der Waals surface area (Å²) in [6.45, 7) is 2.13. The number of nitrogens with two attached hydrogens (primary N) is 1. The van der Waals surface area contributed by atoms with Crippen molar-refractivity contribution in [3.8, 4) is 0 Å². The Labute approximate surface area is 119 Å². The van der Waals surface area contributed by atoms with Crippen molar-refractivity contribution in [3.63, 3.8) is 0 Å². The minimum Gasteiger partial charge on any atom is -0.472 e. The number of nitrogens with zero attached hydrogens (tertiary/aromatic N) is 1. The van der Waals surface area contributed by atoms with Gasteiger partial charge in [0.15, 0.2) is 0 Å². The molecule has 2 N–H and O–H groups in total. The van der Waals surface area contributed by atoms with E-state index in [1.807, 2.05) is 6.92 Å². The van der Waals surface area contributed by atoms with Crippen molar-refractivity contribution in [3.05, 3.63) is 54.0 Å². The Morgan fingerprint density at radius 2 is 1.90 bits per heavy atom. The standard InChI is InChI=1S/C14H18N2O3S/c1-11(15)13-3-5-14(6-4-13)20(17,18)16(2)9-12-7-8-19-10-12/h3-8,10-11H,9,15H2,1-2H3. The van der Waals surface area contributed by atoms with E-state index < -0.39 is 10.0 Å². The lowest BCUT2D eigenvalue weighted by Crippen LogP contribution is -2.26. The fourth-order valence-electron chi connectivity index (χ4n) is 1.85. The van der Waals surface area contributed by atoms with Gasteiger partial charge in [0, 0.05) is 25.2 Å². The van der Waals surface area contributed by atoms with Crippen LogP contribution in [0.4, 0.5) is 0 Å². The van der Waals surface area contributed by atoms with Gasteiger partial charge in [0.2, 0.25) is 10.0 Å². The minimum atomic E-state index is -3.51. The minimum absolute atomic E-state index is 0.115. The van der Waals surface area contributed by atoms with Crippen molar-refractivity contribution in [1.29, 1.82) is 0 Å². The summed E-state index contributed by atoms with van der Waals surface area (Å²) in [5.41, 5.74) is 7.47. The van der Waals surface area contributed by atoms with Crippen LogP contribution in [-0.4, -0.2) is 19.8 Å². The van der Waals surface area contributed by atoms with Crippen LogP contribution in [0.3, 0.4) is 0 Å². The maximum atomic E-state index is 12.4. The van der Waals surface area contributed by atoms with Crippen molar-refractivity contribution in [1.82, 2.24) is 4.31 Å². The van der Waals surface area contributed by atoms with Gasteiger partial charge >= 0.3 is 0 Å². The van der Waals surface area contributed by atoms with Gasteiger partial charge in [-0.05, 0) is 30.7 Å². The fraction of sp³-hybridized carbons (Fsp3) is 0.286. The van der Waals surface area contributed by atoms with Gasteiger partial charge in [0.1, 0.15) is 0 Å². The number of benzene rings is 1. The maximum absolute atomic E-state index is 12.4. The number of hydrogen-bond acceptors (Lipinski definition) is 4. The van der Waals surface area contributed by atoms with E-state index in [1.54, 1.807) is 37.4 Å². The van der Waals surface area contributed by atoms with Crippen LogP contribution in [-0.2, 0) is 16.6 Å². The van der Waals surface area contributed by atoms with Crippen molar-refractivity contribution in [2.24, 2.45) is 5.73 Å². The maximum Gasteiger partial charge on any atom is 0.243 e. The lowest BCUT2D eigenvalue weighted by Gasteiger charge is -2.17. The molecule has 0 amide bonds. The summed E-state index contributed by atoms with van der Waals surface area (Å²) in [6.07, 6.45) is 3.05. The predicted molar refractivity (Wildman–Crippen MR) is 76.4 cm³/mol. The van der Waals surface area contributed by atoms with E-state index in [-0.39, 0.29) is 17.5 Å². The second-order valence-corrected chi connectivity index (χ2v) is 6.80. The SMILES string of the molecule is CC(N)c1ccc(S(=O)(=O)N(C)Cc2ccoc2)cc1. The van der Waals surface area contributed by atoms with E-state index in [0.717, 1.165) is 11.1 Å². The molecule has 1 aromatic carbocycles. The van der Waals surface area contributed by atoms with Crippen molar-refractivity contribution < 1.29 is 12.8 Å². The first-order valence-corrected chi connectivity index (χ1v) is 7.68. The molecule has 1 unspecified atom stereocenters. The summed E-state index contributed by atoms with van der Waals surface area (Å²) in [6, 6.07) is 8.27. The molecule has 0 saturated heterocycles. The summed E-state index contributed by atoms with van der Waals surface area (Å²) >= 11 is 0. The first kappa shape index (κ1) is 14.8. The lowest BCUT2D eigenvalue weighted by molar-refractivity contribution is 0.463. The highest BCUT2D eigenvalue weighted by Crippen LogP contribution is 2.19. The largest absolute Gasteiger partial charge is 0.472 e. The number of rotatable bonds is 5. The van der Waals surface area contributed by atoms with Crippen LogP contribution >= 0.6 is 0 Å². The quantitative estimate of drug-likeness (QED) is 0.916. The van der Waals surface area contributed by atoms with Crippen molar-refractivity contribution in [2.45, 2.75) is 24.4 Å². The molecule has 1 aromatic heterocycles. The Bertz CT molecular complexity index is 646. The second kappa shape index (κ2) is 5.78. The smallest absolute Gasteiger partial charge is 0.243 e. The second-order valence-electron chi connectivity index (χ2n) is 4.75. The molecule has 1 atom stereocenters. The zero-order valence-corrected chi connectivity index (χ0v) is 12.3. The molecule has 6 heteroatoms. The molecule has 2 rings (SSSR count). The van der Waals surface area contributed by atoms with Crippen molar-refractivity contribution >= 4 is 10.0 Å². The summed E-state index contributed by atoms with van der Waals surface area (Å²) in [5.74, 6) is 0. The normalized spacial score (nSPS) is 13.6. The van der Waals surface area contributed by atoms with Gasteiger partial charge < -0.3 is 10.2 Å².